The highest BCUT2D eigenvalue weighted by atomic mass is 16.2. The molecule has 2 N–H and O–H groups in total. The predicted molar refractivity (Wildman–Crippen MR) is 82.9 cm³/mol. The van der Waals surface area contributed by atoms with Crippen LogP contribution in [-0.2, 0) is 9.59 Å². The highest BCUT2D eigenvalue weighted by Crippen LogP contribution is 2.26. The fraction of sp³-hybridized carbons (Fsp3) is 0.500. The van der Waals surface area contributed by atoms with Crippen molar-refractivity contribution < 1.29 is 9.59 Å². The van der Waals surface area contributed by atoms with Crippen LogP contribution in [0.15, 0.2) is 24.3 Å². The number of hydrogen-bond acceptors (Lipinski definition) is 3. The molecule has 0 radical (unpaired) electrons. The minimum atomic E-state index is -0.280. The predicted octanol–water partition coefficient (Wildman–Crippen LogP) is 1.15. The summed E-state index contributed by atoms with van der Waals surface area (Å²) < 4.78 is 0. The Morgan fingerprint density at radius 2 is 2.05 bits per heavy atom. The molecule has 0 aromatic heterocycles. The third-order valence-corrected chi connectivity index (χ3v) is 4.17. The maximum absolute atomic E-state index is 12.4. The van der Waals surface area contributed by atoms with Gasteiger partial charge in [0.15, 0.2) is 0 Å². The molecule has 0 bridgehead atoms. The van der Waals surface area contributed by atoms with Gasteiger partial charge in [0.1, 0.15) is 0 Å². The number of hydrogen-bond donors (Lipinski definition) is 1. The number of anilines is 1. The third kappa shape index (κ3) is 3.24. The van der Waals surface area contributed by atoms with Crippen LogP contribution in [0.1, 0.15) is 18.9 Å². The summed E-state index contributed by atoms with van der Waals surface area (Å²) in [5, 5.41) is 0. The lowest BCUT2D eigenvalue weighted by molar-refractivity contribution is -0.136. The monoisotopic (exact) mass is 289 g/mol. The fourth-order valence-electron chi connectivity index (χ4n) is 2.51. The second-order valence-electron chi connectivity index (χ2n) is 5.77. The Hall–Kier alpha value is -1.88. The van der Waals surface area contributed by atoms with Crippen molar-refractivity contribution in [2.75, 3.05) is 25.0 Å². The van der Waals surface area contributed by atoms with Gasteiger partial charge in [-0.05, 0) is 26.0 Å². The summed E-state index contributed by atoms with van der Waals surface area (Å²) in [5.41, 5.74) is 7.60. The number of benzene rings is 1. The molecule has 1 aliphatic rings. The molecule has 5 nitrogen and oxygen atoms in total. The molecule has 0 aliphatic carbocycles. The van der Waals surface area contributed by atoms with Crippen molar-refractivity contribution in [1.29, 1.82) is 0 Å². The molecule has 2 amide bonds. The summed E-state index contributed by atoms with van der Waals surface area (Å²) in [4.78, 5) is 27.9. The normalized spacial score (nSPS) is 19.7. The van der Waals surface area contributed by atoms with E-state index in [1.807, 2.05) is 38.1 Å². The molecule has 1 aromatic carbocycles. The van der Waals surface area contributed by atoms with Gasteiger partial charge in [0.2, 0.25) is 11.8 Å². The Balaban J connectivity index is 2.09. The highest BCUT2D eigenvalue weighted by molar-refractivity contribution is 6.00. The van der Waals surface area contributed by atoms with Crippen molar-refractivity contribution in [2.24, 2.45) is 11.7 Å². The second-order valence-corrected chi connectivity index (χ2v) is 5.77. The lowest BCUT2D eigenvalue weighted by Gasteiger charge is -2.26. The minimum absolute atomic E-state index is 0.00379. The topological polar surface area (TPSA) is 66.6 Å². The summed E-state index contributed by atoms with van der Waals surface area (Å²) >= 11 is 0. The van der Waals surface area contributed by atoms with Gasteiger partial charge in [0.05, 0.1) is 5.92 Å². The van der Waals surface area contributed by atoms with Gasteiger partial charge < -0.3 is 15.5 Å². The first-order valence-corrected chi connectivity index (χ1v) is 7.27. The molecule has 5 heteroatoms. The zero-order valence-corrected chi connectivity index (χ0v) is 12.9. The number of nitrogens with zero attached hydrogens (tertiary/aromatic N) is 2. The molecule has 2 atom stereocenters. The van der Waals surface area contributed by atoms with E-state index >= 15 is 0 Å². The van der Waals surface area contributed by atoms with Crippen LogP contribution < -0.4 is 10.6 Å². The van der Waals surface area contributed by atoms with Crippen LogP contribution in [0.2, 0.25) is 0 Å². The molecule has 1 heterocycles. The van der Waals surface area contributed by atoms with Gasteiger partial charge in [0.25, 0.3) is 0 Å². The number of likely N-dealkylation sites (N-methyl/N-ethyl adjacent to an activating group) is 1. The van der Waals surface area contributed by atoms with Crippen molar-refractivity contribution in [2.45, 2.75) is 26.3 Å². The molecule has 0 spiro atoms. The number of nitrogens with two attached hydrogens (primary N) is 1. The van der Waals surface area contributed by atoms with E-state index in [-0.39, 0.29) is 30.2 Å². The zero-order chi connectivity index (χ0) is 15.6. The molecule has 1 fully saturated rings. The lowest BCUT2D eigenvalue weighted by atomic mass is 10.1. The van der Waals surface area contributed by atoms with E-state index in [1.165, 1.54) is 0 Å². The second kappa shape index (κ2) is 6.26. The number of rotatable bonds is 4. The lowest BCUT2D eigenvalue weighted by Crippen LogP contribution is -2.43. The molecule has 1 aliphatic heterocycles. The molecule has 21 heavy (non-hydrogen) atoms. The molecular formula is C16H23N3O2. The van der Waals surface area contributed by atoms with Crippen LogP contribution in [0.3, 0.4) is 0 Å². The van der Waals surface area contributed by atoms with Crippen LogP contribution >= 0.6 is 0 Å². The fourth-order valence-corrected chi connectivity index (χ4v) is 2.51. The number of amides is 2. The average molecular weight is 289 g/mol. The molecule has 1 saturated heterocycles. The highest BCUT2D eigenvalue weighted by Gasteiger charge is 2.37. The maximum atomic E-state index is 12.4. The van der Waals surface area contributed by atoms with Crippen LogP contribution in [0.5, 0.6) is 0 Å². The minimum Gasteiger partial charge on any atom is -0.341 e. The summed E-state index contributed by atoms with van der Waals surface area (Å²) in [6.07, 6.45) is 0.272. The van der Waals surface area contributed by atoms with E-state index in [0.717, 1.165) is 11.3 Å². The van der Waals surface area contributed by atoms with Crippen molar-refractivity contribution in [1.82, 2.24) is 4.90 Å². The molecule has 2 unspecified atom stereocenters. The average Bonchev–Trinajstić information content (AvgIpc) is 2.87. The van der Waals surface area contributed by atoms with Crippen molar-refractivity contribution in [3.05, 3.63) is 29.8 Å². The summed E-state index contributed by atoms with van der Waals surface area (Å²) in [6.45, 7) is 4.78. The van der Waals surface area contributed by atoms with Gasteiger partial charge in [-0.1, -0.05) is 17.7 Å². The Kier molecular flexibility index (Phi) is 4.63. The van der Waals surface area contributed by atoms with Crippen LogP contribution in [0.4, 0.5) is 5.69 Å². The largest absolute Gasteiger partial charge is 0.341 e. The molecule has 1 aromatic rings. The van der Waals surface area contributed by atoms with E-state index in [9.17, 15) is 9.59 Å². The van der Waals surface area contributed by atoms with E-state index in [1.54, 1.807) is 16.8 Å². The maximum Gasteiger partial charge on any atom is 0.228 e. The van der Waals surface area contributed by atoms with Gasteiger partial charge in [-0.25, -0.2) is 0 Å². The van der Waals surface area contributed by atoms with E-state index in [2.05, 4.69) is 0 Å². The standard InChI is InChI=1S/C16H23N3O2/c1-11-4-6-14(7-5-11)19-10-13(8-15(19)20)16(21)18(3)12(2)9-17/h4-7,12-13H,8-10,17H2,1-3H3. The quantitative estimate of drug-likeness (QED) is 0.904. The van der Waals surface area contributed by atoms with Gasteiger partial charge in [-0.2, -0.15) is 0 Å². The first-order chi connectivity index (χ1) is 9.93. The van der Waals surface area contributed by atoms with Crippen LogP contribution in [-0.4, -0.2) is 42.9 Å². The third-order valence-electron chi connectivity index (χ3n) is 4.17. The number of carbonyl (C=O) groups is 2. The molecular weight excluding hydrogens is 266 g/mol. The molecule has 2 rings (SSSR count). The number of aryl methyl sites for hydroxylation is 1. The molecule has 0 saturated carbocycles. The smallest absolute Gasteiger partial charge is 0.228 e. The van der Waals surface area contributed by atoms with E-state index in [0.29, 0.717) is 13.1 Å². The van der Waals surface area contributed by atoms with Crippen LogP contribution in [0, 0.1) is 12.8 Å². The van der Waals surface area contributed by atoms with Crippen molar-refractivity contribution in [3.8, 4) is 0 Å². The first kappa shape index (κ1) is 15.5. The van der Waals surface area contributed by atoms with Gasteiger partial charge in [0, 0.05) is 38.3 Å². The Bertz CT molecular complexity index is 527. The van der Waals surface area contributed by atoms with Crippen molar-refractivity contribution in [3.63, 3.8) is 0 Å². The van der Waals surface area contributed by atoms with Crippen molar-refractivity contribution >= 4 is 17.5 Å². The SMILES string of the molecule is Cc1ccc(N2CC(C(=O)N(C)C(C)CN)CC2=O)cc1. The van der Waals surface area contributed by atoms with Gasteiger partial charge >= 0.3 is 0 Å². The van der Waals surface area contributed by atoms with Gasteiger partial charge in [-0.3, -0.25) is 9.59 Å². The Labute approximate surface area is 125 Å². The van der Waals surface area contributed by atoms with E-state index < -0.39 is 0 Å². The Morgan fingerprint density at radius 3 is 2.62 bits per heavy atom. The summed E-state index contributed by atoms with van der Waals surface area (Å²) in [7, 11) is 1.75. The first-order valence-electron chi connectivity index (χ1n) is 7.27. The summed E-state index contributed by atoms with van der Waals surface area (Å²) in [5.74, 6) is -0.278. The van der Waals surface area contributed by atoms with Gasteiger partial charge in [-0.15, -0.1) is 0 Å². The van der Waals surface area contributed by atoms with E-state index in [4.69, 9.17) is 5.73 Å². The summed E-state index contributed by atoms with van der Waals surface area (Å²) in [6, 6.07) is 7.78. The number of carbonyl (C=O) groups excluding carboxylic acids is 2. The Morgan fingerprint density at radius 1 is 1.43 bits per heavy atom. The van der Waals surface area contributed by atoms with Crippen LogP contribution in [0.25, 0.3) is 0 Å². The zero-order valence-electron chi connectivity index (χ0n) is 12.9. The molecule has 114 valence electrons.